The third kappa shape index (κ3) is 4.15. The van der Waals surface area contributed by atoms with Crippen LogP contribution in [-0.4, -0.2) is 49.0 Å². The van der Waals surface area contributed by atoms with Gasteiger partial charge in [0.1, 0.15) is 0 Å². The quantitative estimate of drug-likeness (QED) is 0.809. The van der Waals surface area contributed by atoms with Gasteiger partial charge in [-0.1, -0.05) is 0 Å². The lowest BCUT2D eigenvalue weighted by Gasteiger charge is -2.31. The summed E-state index contributed by atoms with van der Waals surface area (Å²) in [5, 5.41) is 2.79. The SMILES string of the molecule is Cc1cc(C(=O)NC2CCCN(S(C)(=O)=O)C2)cc(=O)[nH]1. The molecule has 21 heavy (non-hydrogen) atoms. The number of nitrogens with zero attached hydrogens (tertiary/aromatic N) is 1. The van der Waals surface area contributed by atoms with Crippen molar-refractivity contribution in [3.63, 3.8) is 0 Å². The molecule has 2 N–H and O–H groups in total. The number of sulfonamides is 1. The number of hydrogen-bond acceptors (Lipinski definition) is 4. The topological polar surface area (TPSA) is 99.3 Å². The third-order valence-electron chi connectivity index (χ3n) is 3.43. The Morgan fingerprint density at radius 2 is 2.14 bits per heavy atom. The molecule has 1 aliphatic rings. The molecule has 1 aliphatic heterocycles. The molecule has 2 rings (SSSR count). The van der Waals surface area contributed by atoms with E-state index in [-0.39, 0.29) is 29.6 Å². The van der Waals surface area contributed by atoms with E-state index in [1.54, 1.807) is 13.0 Å². The zero-order valence-corrected chi connectivity index (χ0v) is 12.9. The molecule has 1 aromatic heterocycles. The van der Waals surface area contributed by atoms with Crippen molar-refractivity contribution in [3.8, 4) is 0 Å². The van der Waals surface area contributed by atoms with E-state index in [2.05, 4.69) is 10.3 Å². The van der Waals surface area contributed by atoms with Crippen LogP contribution in [0.1, 0.15) is 28.9 Å². The van der Waals surface area contributed by atoms with E-state index in [1.165, 1.54) is 10.4 Å². The summed E-state index contributed by atoms with van der Waals surface area (Å²) in [4.78, 5) is 26.1. The largest absolute Gasteiger partial charge is 0.348 e. The highest BCUT2D eigenvalue weighted by Gasteiger charge is 2.27. The molecule has 0 spiro atoms. The summed E-state index contributed by atoms with van der Waals surface area (Å²) in [6, 6.07) is 2.59. The van der Waals surface area contributed by atoms with Gasteiger partial charge in [0.15, 0.2) is 0 Å². The average molecular weight is 313 g/mol. The summed E-state index contributed by atoms with van der Waals surface area (Å²) >= 11 is 0. The Labute approximate surface area is 123 Å². The maximum atomic E-state index is 12.1. The van der Waals surface area contributed by atoms with Gasteiger partial charge >= 0.3 is 0 Å². The molecule has 1 unspecified atom stereocenters. The standard InChI is InChI=1S/C13H19N3O4S/c1-9-6-10(7-12(17)14-9)13(18)15-11-4-3-5-16(8-11)21(2,19)20/h6-7,11H,3-5,8H2,1-2H3,(H,14,17)(H,15,18). The number of H-pyrrole nitrogens is 1. The van der Waals surface area contributed by atoms with Crippen molar-refractivity contribution < 1.29 is 13.2 Å². The maximum absolute atomic E-state index is 12.1. The van der Waals surface area contributed by atoms with E-state index >= 15 is 0 Å². The van der Waals surface area contributed by atoms with E-state index < -0.39 is 10.0 Å². The number of aromatic nitrogens is 1. The Morgan fingerprint density at radius 1 is 1.43 bits per heavy atom. The highest BCUT2D eigenvalue weighted by atomic mass is 32.2. The molecule has 1 atom stereocenters. The number of carbonyl (C=O) groups excluding carboxylic acids is 1. The molecule has 0 radical (unpaired) electrons. The number of hydrogen-bond donors (Lipinski definition) is 2. The van der Waals surface area contributed by atoms with Gasteiger partial charge in [0.25, 0.3) is 5.91 Å². The van der Waals surface area contributed by atoms with Crippen LogP contribution in [-0.2, 0) is 10.0 Å². The number of piperidine rings is 1. The Balaban J connectivity index is 2.07. The molecule has 2 heterocycles. The second-order valence-corrected chi connectivity index (χ2v) is 7.33. The highest BCUT2D eigenvalue weighted by molar-refractivity contribution is 7.88. The summed E-state index contributed by atoms with van der Waals surface area (Å²) in [6.45, 7) is 2.45. The zero-order chi connectivity index (χ0) is 15.6. The average Bonchev–Trinajstić information content (AvgIpc) is 2.37. The van der Waals surface area contributed by atoms with Crippen molar-refractivity contribution in [2.45, 2.75) is 25.8 Å². The second-order valence-electron chi connectivity index (χ2n) is 5.35. The van der Waals surface area contributed by atoms with Crippen molar-refractivity contribution in [3.05, 3.63) is 33.7 Å². The predicted octanol–water partition coefficient (Wildman–Crippen LogP) is -0.163. The van der Waals surface area contributed by atoms with Crippen molar-refractivity contribution in [2.24, 2.45) is 0 Å². The number of aryl methyl sites for hydroxylation is 1. The van der Waals surface area contributed by atoms with Gasteiger partial charge in [-0.25, -0.2) is 12.7 Å². The van der Waals surface area contributed by atoms with E-state index in [0.29, 0.717) is 18.7 Å². The van der Waals surface area contributed by atoms with Crippen molar-refractivity contribution in [1.82, 2.24) is 14.6 Å². The Kier molecular flexibility index (Phi) is 4.48. The van der Waals surface area contributed by atoms with E-state index in [9.17, 15) is 18.0 Å². The van der Waals surface area contributed by atoms with Crippen molar-refractivity contribution >= 4 is 15.9 Å². The van der Waals surface area contributed by atoms with Crippen LogP contribution in [0.15, 0.2) is 16.9 Å². The van der Waals surface area contributed by atoms with E-state index in [0.717, 1.165) is 12.7 Å². The highest BCUT2D eigenvalue weighted by Crippen LogP contribution is 2.13. The van der Waals surface area contributed by atoms with Gasteiger partial charge in [-0.3, -0.25) is 9.59 Å². The summed E-state index contributed by atoms with van der Waals surface area (Å²) < 4.78 is 24.5. The van der Waals surface area contributed by atoms with Crippen LogP contribution in [0.5, 0.6) is 0 Å². The first-order chi connectivity index (χ1) is 9.75. The Morgan fingerprint density at radius 3 is 2.76 bits per heavy atom. The number of nitrogens with one attached hydrogen (secondary N) is 2. The van der Waals surface area contributed by atoms with Crippen LogP contribution < -0.4 is 10.9 Å². The lowest BCUT2D eigenvalue weighted by molar-refractivity contribution is 0.0921. The number of amides is 1. The molecule has 1 saturated heterocycles. The van der Waals surface area contributed by atoms with Gasteiger partial charge in [-0.2, -0.15) is 0 Å². The minimum Gasteiger partial charge on any atom is -0.348 e. The van der Waals surface area contributed by atoms with Crippen LogP contribution in [0.4, 0.5) is 0 Å². The first-order valence-corrected chi connectivity index (χ1v) is 8.57. The minimum absolute atomic E-state index is 0.236. The summed E-state index contributed by atoms with van der Waals surface area (Å²) in [7, 11) is -3.25. The van der Waals surface area contributed by atoms with E-state index in [4.69, 9.17) is 0 Å². The first-order valence-electron chi connectivity index (χ1n) is 6.72. The molecular weight excluding hydrogens is 294 g/mol. The molecule has 8 heteroatoms. The van der Waals surface area contributed by atoms with Crippen LogP contribution in [0.25, 0.3) is 0 Å². The summed E-state index contributed by atoms with van der Waals surface area (Å²) in [5.41, 5.74) is 0.559. The molecule has 1 aromatic rings. The van der Waals surface area contributed by atoms with E-state index in [1.807, 2.05) is 0 Å². The van der Waals surface area contributed by atoms with Crippen LogP contribution in [0.3, 0.4) is 0 Å². The Hall–Kier alpha value is -1.67. The monoisotopic (exact) mass is 313 g/mol. The molecule has 0 saturated carbocycles. The maximum Gasteiger partial charge on any atom is 0.251 e. The summed E-state index contributed by atoms with van der Waals surface area (Å²) in [5.74, 6) is -0.357. The second kappa shape index (κ2) is 5.98. The van der Waals surface area contributed by atoms with Crippen LogP contribution >= 0.6 is 0 Å². The van der Waals surface area contributed by atoms with Crippen LogP contribution in [0, 0.1) is 6.92 Å². The van der Waals surface area contributed by atoms with Gasteiger partial charge in [-0.05, 0) is 25.8 Å². The molecule has 0 bridgehead atoms. The van der Waals surface area contributed by atoms with Crippen molar-refractivity contribution in [2.75, 3.05) is 19.3 Å². The molecule has 1 fully saturated rings. The minimum atomic E-state index is -3.25. The number of rotatable bonds is 3. The number of aromatic amines is 1. The first kappa shape index (κ1) is 15.7. The lowest BCUT2D eigenvalue weighted by atomic mass is 10.1. The summed E-state index contributed by atoms with van der Waals surface area (Å²) in [6.07, 6.45) is 2.59. The Bertz CT molecular complexity index is 696. The molecule has 0 aromatic carbocycles. The molecular formula is C13H19N3O4S. The third-order valence-corrected chi connectivity index (χ3v) is 4.70. The van der Waals surface area contributed by atoms with Gasteiger partial charge in [0, 0.05) is 36.5 Å². The fraction of sp³-hybridized carbons (Fsp3) is 0.538. The normalized spacial score (nSPS) is 20.2. The smallest absolute Gasteiger partial charge is 0.251 e. The van der Waals surface area contributed by atoms with Crippen molar-refractivity contribution in [1.29, 1.82) is 0 Å². The molecule has 0 aliphatic carbocycles. The predicted molar refractivity (Wildman–Crippen MR) is 78.7 cm³/mol. The number of pyridine rings is 1. The zero-order valence-electron chi connectivity index (χ0n) is 12.0. The van der Waals surface area contributed by atoms with Gasteiger partial charge in [-0.15, -0.1) is 0 Å². The van der Waals surface area contributed by atoms with Crippen LogP contribution in [0.2, 0.25) is 0 Å². The fourth-order valence-corrected chi connectivity index (χ4v) is 3.36. The fourth-order valence-electron chi connectivity index (χ4n) is 2.44. The lowest BCUT2D eigenvalue weighted by Crippen LogP contribution is -2.49. The number of carbonyl (C=O) groups is 1. The molecule has 1 amide bonds. The van der Waals surface area contributed by atoms with Gasteiger partial charge in [0.2, 0.25) is 15.6 Å². The molecule has 7 nitrogen and oxygen atoms in total. The van der Waals surface area contributed by atoms with Gasteiger partial charge in [0.05, 0.1) is 6.26 Å². The molecule has 116 valence electrons. The van der Waals surface area contributed by atoms with Gasteiger partial charge < -0.3 is 10.3 Å².